The average Bonchev–Trinajstić information content (AvgIpc) is 3.29. The smallest absolute Gasteiger partial charge is 0.435 e. The van der Waals surface area contributed by atoms with Crippen molar-refractivity contribution in [3.63, 3.8) is 0 Å². The highest BCUT2D eigenvalue weighted by atomic mass is 19.1. The van der Waals surface area contributed by atoms with Crippen LogP contribution in [0.2, 0.25) is 0 Å². The van der Waals surface area contributed by atoms with Gasteiger partial charge < -0.3 is 25.6 Å². The Hall–Kier alpha value is -4.51. The van der Waals surface area contributed by atoms with Crippen LogP contribution in [-0.4, -0.2) is 65.5 Å². The summed E-state index contributed by atoms with van der Waals surface area (Å²) in [5, 5.41) is 7.05. The normalized spacial score (nSPS) is 14.0. The summed E-state index contributed by atoms with van der Waals surface area (Å²) in [5.74, 6) is -2.21. The Kier molecular flexibility index (Phi) is 11.6. The van der Waals surface area contributed by atoms with Crippen molar-refractivity contribution in [3.8, 4) is 0 Å². The Bertz CT molecular complexity index is 1530. The second kappa shape index (κ2) is 15.0. The van der Waals surface area contributed by atoms with Gasteiger partial charge in [-0.1, -0.05) is 26.8 Å². The topological polar surface area (TPSA) is 106 Å². The zero-order valence-electron chi connectivity index (χ0n) is 27.2. The zero-order chi connectivity index (χ0) is 33.5. The molecule has 1 saturated heterocycles. The van der Waals surface area contributed by atoms with E-state index in [0.717, 1.165) is 48.7 Å². The molecule has 2 aromatic carbocycles. The highest BCUT2D eigenvalue weighted by molar-refractivity contribution is 6.06. The molecule has 0 unspecified atom stereocenters. The third-order valence-corrected chi connectivity index (χ3v) is 6.77. The number of carbonyl (C=O) groups excluding carboxylic acids is 2. The minimum absolute atomic E-state index is 0.0143. The molecule has 0 atom stereocenters. The number of anilines is 3. The lowest BCUT2D eigenvalue weighted by molar-refractivity contribution is 0.0513. The summed E-state index contributed by atoms with van der Waals surface area (Å²) in [4.78, 5) is 30.9. The molecule has 0 spiro atoms. The van der Waals surface area contributed by atoms with E-state index in [1.54, 1.807) is 32.9 Å². The second-order valence-electron chi connectivity index (χ2n) is 11.9. The number of nitrogens with two attached hydrogens (primary N) is 1. The van der Waals surface area contributed by atoms with Gasteiger partial charge in [-0.25, -0.2) is 13.6 Å². The number of allylic oxidation sites excluding steroid dienone is 1. The Morgan fingerprint density at radius 2 is 1.62 bits per heavy atom. The first-order valence-corrected chi connectivity index (χ1v) is 15.0. The van der Waals surface area contributed by atoms with Crippen LogP contribution in [0.15, 0.2) is 43.0 Å². The van der Waals surface area contributed by atoms with Crippen LogP contribution in [0.1, 0.15) is 75.1 Å². The van der Waals surface area contributed by atoms with Crippen LogP contribution in [0.5, 0.6) is 0 Å². The summed E-state index contributed by atoms with van der Waals surface area (Å²) in [7, 11) is 2.08. The van der Waals surface area contributed by atoms with Crippen LogP contribution in [-0.2, 0) is 4.74 Å². The van der Waals surface area contributed by atoms with Gasteiger partial charge in [0.25, 0.3) is 5.91 Å². The van der Waals surface area contributed by atoms with Gasteiger partial charge in [0.1, 0.15) is 17.2 Å². The quantitative estimate of drug-likeness (QED) is 0.281. The fourth-order valence-electron chi connectivity index (χ4n) is 4.64. The van der Waals surface area contributed by atoms with Crippen LogP contribution in [0.25, 0.3) is 17.7 Å². The van der Waals surface area contributed by atoms with E-state index in [0.29, 0.717) is 5.56 Å². The van der Waals surface area contributed by atoms with Crippen molar-refractivity contribution < 1.29 is 23.1 Å². The van der Waals surface area contributed by atoms with E-state index in [1.165, 1.54) is 25.5 Å². The molecule has 1 amide bonds. The maximum Gasteiger partial charge on any atom is 0.435 e. The van der Waals surface area contributed by atoms with Crippen LogP contribution < -0.4 is 16.0 Å². The molecule has 4 rings (SSSR count). The van der Waals surface area contributed by atoms with Crippen molar-refractivity contribution >= 4 is 46.9 Å². The number of halogens is 2. The number of amides is 1. The first kappa shape index (κ1) is 35.0. The Balaban J connectivity index is 0.00000177. The number of hydrogen-bond acceptors (Lipinski definition) is 7. The van der Waals surface area contributed by atoms with Gasteiger partial charge in [-0.3, -0.25) is 4.79 Å². The minimum Gasteiger partial charge on any atom is -0.442 e. The fourth-order valence-corrected chi connectivity index (χ4v) is 4.64. The van der Waals surface area contributed by atoms with Crippen molar-refractivity contribution in [2.75, 3.05) is 49.2 Å². The van der Waals surface area contributed by atoms with Crippen LogP contribution in [0, 0.1) is 11.6 Å². The number of rotatable bonds is 6. The average molecular weight is 623 g/mol. The lowest BCUT2D eigenvalue weighted by atomic mass is 10.0. The van der Waals surface area contributed by atoms with Crippen LogP contribution >= 0.6 is 0 Å². The van der Waals surface area contributed by atoms with Crippen molar-refractivity contribution in [1.29, 1.82) is 0 Å². The number of nitrogen functional groups attached to an aromatic ring is 1. The van der Waals surface area contributed by atoms with Crippen LogP contribution in [0.4, 0.5) is 30.8 Å². The number of likely N-dealkylation sites (N-methyl/N-ethyl adjacent to an activating group) is 1. The predicted molar refractivity (Wildman–Crippen MR) is 178 cm³/mol. The number of nitrogens with one attached hydrogen (secondary N) is 1. The number of nitrogens with zero attached hydrogens (tertiary/aromatic N) is 4. The summed E-state index contributed by atoms with van der Waals surface area (Å²) in [5.41, 5.74) is 6.30. The molecule has 242 valence electrons. The highest BCUT2D eigenvalue weighted by Gasteiger charge is 2.26. The summed E-state index contributed by atoms with van der Waals surface area (Å²) >= 11 is 0. The first-order chi connectivity index (χ1) is 21.2. The Morgan fingerprint density at radius 3 is 2.13 bits per heavy atom. The number of ether oxygens (including phenoxy) is 1. The van der Waals surface area contributed by atoms with E-state index < -0.39 is 29.2 Å². The third-order valence-electron chi connectivity index (χ3n) is 6.77. The largest absolute Gasteiger partial charge is 0.442 e. The van der Waals surface area contributed by atoms with E-state index in [4.69, 9.17) is 10.5 Å². The fraction of sp³-hybridized carbons (Fsp3) is 0.382. The van der Waals surface area contributed by atoms with Crippen molar-refractivity contribution in [2.45, 2.75) is 53.6 Å². The molecule has 45 heavy (non-hydrogen) atoms. The molecule has 2 heterocycles. The summed E-state index contributed by atoms with van der Waals surface area (Å²) < 4.78 is 35.9. The second-order valence-corrected chi connectivity index (χ2v) is 11.9. The number of carbonyl (C=O) groups is 2. The molecule has 1 aromatic heterocycles. The minimum atomic E-state index is -0.855. The maximum absolute atomic E-state index is 14.7. The summed E-state index contributed by atoms with van der Waals surface area (Å²) in [6.45, 7) is 18.3. The zero-order valence-corrected chi connectivity index (χ0v) is 27.2. The lowest BCUT2D eigenvalue weighted by Gasteiger charge is -2.34. The molecular formula is C34H44F2N6O3. The number of aromatic nitrogens is 2. The van der Waals surface area contributed by atoms with Crippen molar-refractivity contribution in [1.82, 2.24) is 14.7 Å². The van der Waals surface area contributed by atoms with Crippen molar-refractivity contribution in [3.05, 3.63) is 77.0 Å². The molecule has 0 radical (unpaired) electrons. The molecule has 11 heteroatoms. The van der Waals surface area contributed by atoms with E-state index >= 15 is 0 Å². The lowest BCUT2D eigenvalue weighted by Crippen LogP contribution is -2.44. The molecule has 0 bridgehead atoms. The van der Waals surface area contributed by atoms with Gasteiger partial charge in [0, 0.05) is 54.2 Å². The molecule has 1 fully saturated rings. The van der Waals surface area contributed by atoms with Crippen molar-refractivity contribution in [2.24, 2.45) is 0 Å². The monoisotopic (exact) mass is 622 g/mol. The Morgan fingerprint density at radius 1 is 1.07 bits per heavy atom. The van der Waals surface area contributed by atoms with Gasteiger partial charge in [0.2, 0.25) is 0 Å². The molecule has 0 saturated carbocycles. The van der Waals surface area contributed by atoms with Gasteiger partial charge in [-0.05, 0) is 88.9 Å². The molecule has 3 N–H and O–H groups in total. The number of hydrogen-bond donors (Lipinski definition) is 2. The van der Waals surface area contributed by atoms with E-state index in [9.17, 15) is 18.4 Å². The van der Waals surface area contributed by atoms with E-state index in [-0.39, 0.29) is 33.9 Å². The van der Waals surface area contributed by atoms with Gasteiger partial charge >= 0.3 is 6.09 Å². The molecule has 1 aliphatic heterocycles. The third kappa shape index (κ3) is 9.01. The number of benzene rings is 2. The molecule has 0 aliphatic carbocycles. The van der Waals surface area contributed by atoms with E-state index in [1.807, 2.05) is 12.1 Å². The standard InChI is InChI=1S/C31H36F2N6O3.C3H8/c1-7-26-23(16-19(2)27-24(32)17-21(34)18-25(27)33)28(36-39(26)30(41)42-31(3,4)5)35-29(40)20-8-10-22(11-9-20)38-14-12-37(6)13-15-38;1-3-2/h7-11,16-18H,1,12-15,34H2,2-6H3,(H,35,36,40);3H2,1-2H3/b19-16+;. The van der Waals surface area contributed by atoms with Gasteiger partial charge in [0.05, 0.1) is 5.69 Å². The summed E-state index contributed by atoms with van der Waals surface area (Å²) in [6, 6.07) is 9.22. The summed E-state index contributed by atoms with van der Waals surface area (Å²) in [6.07, 6.45) is 3.22. The maximum atomic E-state index is 14.7. The SMILES string of the molecule is C=Cc1c(/C=C(\C)c2c(F)cc(N)cc2F)c(NC(=O)c2ccc(N3CCN(C)CC3)cc2)nn1C(=O)OC(C)(C)C.CCC. The first-order valence-electron chi connectivity index (χ1n) is 15.0. The van der Waals surface area contributed by atoms with Gasteiger partial charge in [-0.15, -0.1) is 5.10 Å². The highest BCUT2D eigenvalue weighted by Crippen LogP contribution is 2.31. The van der Waals surface area contributed by atoms with Crippen LogP contribution in [0.3, 0.4) is 0 Å². The van der Waals surface area contributed by atoms with Gasteiger partial charge in [-0.2, -0.15) is 4.68 Å². The number of piperazine rings is 1. The van der Waals surface area contributed by atoms with E-state index in [2.05, 4.69) is 47.7 Å². The molecular weight excluding hydrogens is 578 g/mol. The predicted octanol–water partition coefficient (Wildman–Crippen LogP) is 7.15. The molecule has 9 nitrogen and oxygen atoms in total. The Labute approximate surface area is 264 Å². The van der Waals surface area contributed by atoms with Gasteiger partial charge in [0.15, 0.2) is 5.82 Å². The molecule has 3 aromatic rings. The molecule has 1 aliphatic rings.